The van der Waals surface area contributed by atoms with E-state index in [1.165, 1.54) is 12.1 Å². The number of carbonyl (C=O) groups is 1. The normalized spacial score (nSPS) is 13.0. The van der Waals surface area contributed by atoms with E-state index in [9.17, 15) is 9.18 Å². The van der Waals surface area contributed by atoms with Gasteiger partial charge in [0.25, 0.3) is 0 Å². The van der Waals surface area contributed by atoms with Crippen molar-refractivity contribution in [3.63, 3.8) is 0 Å². The van der Waals surface area contributed by atoms with Crippen molar-refractivity contribution in [1.29, 1.82) is 0 Å². The highest BCUT2D eigenvalue weighted by Gasteiger charge is 2.24. The lowest BCUT2D eigenvalue weighted by Gasteiger charge is -2.22. The molecule has 0 aliphatic heterocycles. The molecule has 0 saturated carbocycles. The summed E-state index contributed by atoms with van der Waals surface area (Å²) in [6.45, 7) is 5.51. The fraction of sp³-hybridized carbons (Fsp3) is 0.286. The van der Waals surface area contributed by atoms with Crippen molar-refractivity contribution in [2.75, 3.05) is 0 Å². The summed E-state index contributed by atoms with van der Waals surface area (Å²) >= 11 is 0. The van der Waals surface area contributed by atoms with Crippen LogP contribution in [0.15, 0.2) is 54.6 Å². The molecule has 1 atom stereocenters. The molecule has 0 saturated heterocycles. The smallest absolute Gasteiger partial charge is 0.307 e. The molecule has 1 N–H and O–H groups in total. The van der Waals surface area contributed by atoms with Crippen molar-refractivity contribution in [2.24, 2.45) is 0 Å². The lowest BCUT2D eigenvalue weighted by atomic mass is 9.92. The van der Waals surface area contributed by atoms with Crippen LogP contribution in [0.3, 0.4) is 0 Å². The molecule has 4 heteroatoms. The van der Waals surface area contributed by atoms with Crippen molar-refractivity contribution in [1.82, 2.24) is 4.98 Å². The number of H-pyrrole nitrogens is 1. The largest absolute Gasteiger partial charge is 0.460 e. The number of benzene rings is 2. The van der Waals surface area contributed by atoms with E-state index in [-0.39, 0.29) is 24.1 Å². The number of aromatic nitrogens is 1. The maximum Gasteiger partial charge on any atom is 0.307 e. The van der Waals surface area contributed by atoms with Crippen LogP contribution >= 0.6 is 0 Å². The first-order chi connectivity index (χ1) is 11.8. The number of nitrogens with one attached hydrogen (secondary N) is 1. The van der Waals surface area contributed by atoms with Gasteiger partial charge in [0.15, 0.2) is 0 Å². The molecule has 0 aliphatic rings. The van der Waals surface area contributed by atoms with Crippen molar-refractivity contribution < 1.29 is 13.9 Å². The number of carbonyl (C=O) groups excluding carboxylic acids is 1. The quantitative estimate of drug-likeness (QED) is 0.666. The van der Waals surface area contributed by atoms with E-state index in [0.717, 1.165) is 22.2 Å². The molecule has 0 aliphatic carbocycles. The first-order valence-electron chi connectivity index (χ1n) is 8.37. The van der Waals surface area contributed by atoms with Gasteiger partial charge in [-0.15, -0.1) is 0 Å². The van der Waals surface area contributed by atoms with Crippen LogP contribution in [-0.2, 0) is 9.53 Å². The number of esters is 1. The Kier molecular flexibility index (Phi) is 4.62. The van der Waals surface area contributed by atoms with Crippen molar-refractivity contribution in [3.8, 4) is 0 Å². The maximum absolute atomic E-state index is 13.7. The molecule has 25 heavy (non-hydrogen) atoms. The number of halogens is 1. The fourth-order valence-electron chi connectivity index (χ4n) is 2.96. The number of rotatable bonds is 4. The molecule has 0 spiro atoms. The monoisotopic (exact) mass is 339 g/mol. The Morgan fingerprint density at radius 2 is 1.88 bits per heavy atom. The number of para-hydroxylation sites is 1. The van der Waals surface area contributed by atoms with E-state index in [0.29, 0.717) is 0 Å². The highest BCUT2D eigenvalue weighted by molar-refractivity contribution is 5.81. The summed E-state index contributed by atoms with van der Waals surface area (Å²) < 4.78 is 19.2. The zero-order valence-electron chi connectivity index (χ0n) is 14.7. The molecule has 1 heterocycles. The molecule has 2 aromatic carbocycles. The molecule has 0 amide bonds. The van der Waals surface area contributed by atoms with Crippen LogP contribution in [0.25, 0.3) is 10.9 Å². The molecule has 3 aromatic rings. The second-order valence-electron chi connectivity index (χ2n) is 7.21. The summed E-state index contributed by atoms with van der Waals surface area (Å²) in [5, 5.41) is 1.06. The Morgan fingerprint density at radius 3 is 2.56 bits per heavy atom. The Morgan fingerprint density at radius 1 is 1.12 bits per heavy atom. The van der Waals surface area contributed by atoms with Gasteiger partial charge in [0.1, 0.15) is 11.4 Å². The van der Waals surface area contributed by atoms with Gasteiger partial charge in [-0.2, -0.15) is 0 Å². The lowest BCUT2D eigenvalue weighted by molar-refractivity contribution is -0.155. The average molecular weight is 339 g/mol. The van der Waals surface area contributed by atoms with Crippen LogP contribution in [0.1, 0.15) is 44.4 Å². The summed E-state index contributed by atoms with van der Waals surface area (Å²) in [7, 11) is 0. The van der Waals surface area contributed by atoms with Crippen molar-refractivity contribution >= 4 is 16.9 Å². The minimum atomic E-state index is -0.552. The van der Waals surface area contributed by atoms with Crippen LogP contribution in [0.4, 0.5) is 4.39 Å². The predicted molar refractivity (Wildman–Crippen MR) is 97.0 cm³/mol. The second-order valence-corrected chi connectivity index (χ2v) is 7.21. The topological polar surface area (TPSA) is 42.1 Å². The maximum atomic E-state index is 13.7. The van der Waals surface area contributed by atoms with Crippen LogP contribution < -0.4 is 0 Å². The molecule has 3 nitrogen and oxygen atoms in total. The zero-order valence-corrected chi connectivity index (χ0v) is 14.7. The SMILES string of the molecule is CC(C)(C)OC(=O)CC(c1cccc(F)c1)c1cc2ccccc2[nH]1. The van der Waals surface area contributed by atoms with Gasteiger partial charge >= 0.3 is 5.97 Å². The van der Waals surface area contributed by atoms with Crippen LogP contribution in [0.2, 0.25) is 0 Å². The molecule has 0 radical (unpaired) electrons. The molecule has 0 bridgehead atoms. The summed E-state index contributed by atoms with van der Waals surface area (Å²) in [6, 6.07) is 16.3. The Bertz CT molecular complexity index is 859. The molecular formula is C21H22FNO2. The third-order valence-electron chi connectivity index (χ3n) is 3.97. The third-order valence-corrected chi connectivity index (χ3v) is 3.97. The molecule has 3 rings (SSSR count). The van der Waals surface area contributed by atoms with E-state index in [2.05, 4.69) is 4.98 Å². The third kappa shape index (κ3) is 4.27. The van der Waals surface area contributed by atoms with Gasteiger partial charge in [-0.3, -0.25) is 4.79 Å². The summed E-state index contributed by atoms with van der Waals surface area (Å²) in [5.41, 5.74) is 2.06. The minimum absolute atomic E-state index is 0.146. The Balaban J connectivity index is 1.98. The molecular weight excluding hydrogens is 317 g/mol. The lowest BCUT2D eigenvalue weighted by Crippen LogP contribution is -2.25. The number of hydrogen-bond donors (Lipinski definition) is 1. The van der Waals surface area contributed by atoms with E-state index in [1.807, 2.05) is 57.2 Å². The van der Waals surface area contributed by atoms with Gasteiger partial charge in [0.05, 0.1) is 6.42 Å². The molecule has 1 aromatic heterocycles. The molecule has 130 valence electrons. The second kappa shape index (κ2) is 6.71. The molecule has 1 unspecified atom stereocenters. The first-order valence-corrected chi connectivity index (χ1v) is 8.37. The van der Waals surface area contributed by atoms with Gasteiger partial charge in [0, 0.05) is 17.1 Å². The highest BCUT2D eigenvalue weighted by atomic mass is 19.1. The minimum Gasteiger partial charge on any atom is -0.460 e. The zero-order chi connectivity index (χ0) is 18.0. The van der Waals surface area contributed by atoms with E-state index < -0.39 is 5.60 Å². The van der Waals surface area contributed by atoms with Crippen LogP contribution in [0.5, 0.6) is 0 Å². The summed E-state index contributed by atoms with van der Waals surface area (Å²) in [6.07, 6.45) is 0.146. The van der Waals surface area contributed by atoms with Crippen LogP contribution in [-0.4, -0.2) is 16.6 Å². The van der Waals surface area contributed by atoms with Gasteiger partial charge in [-0.05, 0) is 56.0 Å². The molecule has 0 fully saturated rings. The van der Waals surface area contributed by atoms with Crippen molar-refractivity contribution in [2.45, 2.75) is 38.7 Å². The van der Waals surface area contributed by atoms with Crippen LogP contribution in [0, 0.1) is 5.82 Å². The van der Waals surface area contributed by atoms with Gasteiger partial charge in [0.2, 0.25) is 0 Å². The standard InChI is InChI=1S/C21H22FNO2/c1-21(2,3)25-20(24)13-17(14-8-6-9-16(22)11-14)19-12-15-7-4-5-10-18(15)23-19/h4-12,17,23H,13H2,1-3H3. The highest BCUT2D eigenvalue weighted by Crippen LogP contribution is 2.31. The van der Waals surface area contributed by atoms with Gasteiger partial charge in [-0.25, -0.2) is 4.39 Å². The van der Waals surface area contributed by atoms with E-state index in [4.69, 9.17) is 4.74 Å². The van der Waals surface area contributed by atoms with Gasteiger partial charge in [-0.1, -0.05) is 30.3 Å². The van der Waals surface area contributed by atoms with Crippen molar-refractivity contribution in [3.05, 3.63) is 71.7 Å². The summed E-state index contributed by atoms with van der Waals surface area (Å²) in [4.78, 5) is 15.7. The fourth-order valence-corrected chi connectivity index (χ4v) is 2.96. The predicted octanol–water partition coefficient (Wildman–Crippen LogP) is 5.17. The number of aromatic amines is 1. The number of ether oxygens (including phenoxy) is 1. The van der Waals surface area contributed by atoms with E-state index in [1.54, 1.807) is 6.07 Å². The summed E-state index contributed by atoms with van der Waals surface area (Å²) in [5.74, 6) is -0.916. The number of hydrogen-bond acceptors (Lipinski definition) is 2. The Labute approximate surface area is 146 Å². The average Bonchev–Trinajstić information content (AvgIpc) is 2.94. The van der Waals surface area contributed by atoms with Gasteiger partial charge < -0.3 is 9.72 Å². The van der Waals surface area contributed by atoms with E-state index >= 15 is 0 Å². The number of fused-ring (bicyclic) bond motifs is 1. The first kappa shape index (κ1) is 17.2. The Hall–Kier alpha value is -2.62.